The molecule has 1 aliphatic heterocycles. The number of nitrogens with zero attached hydrogens (tertiary/aromatic N) is 1. The number of hydrogen-bond donors (Lipinski definition) is 1. The highest BCUT2D eigenvalue weighted by Gasteiger charge is 2.32. The van der Waals surface area contributed by atoms with Gasteiger partial charge in [-0.15, -0.1) is 0 Å². The summed E-state index contributed by atoms with van der Waals surface area (Å²) in [6.07, 6.45) is 3.44. The van der Waals surface area contributed by atoms with Gasteiger partial charge in [0.05, 0.1) is 18.1 Å². The van der Waals surface area contributed by atoms with Crippen LogP contribution in [-0.2, 0) is 16.4 Å². The quantitative estimate of drug-likeness (QED) is 0.553. The van der Waals surface area contributed by atoms with Crippen LogP contribution >= 0.6 is 0 Å². The third kappa shape index (κ3) is 4.76. The van der Waals surface area contributed by atoms with Gasteiger partial charge in [0.25, 0.3) is 5.91 Å². The molecule has 3 aromatic carbocycles. The van der Waals surface area contributed by atoms with Gasteiger partial charge in [-0.3, -0.25) is 4.79 Å². The Morgan fingerprint density at radius 3 is 2.60 bits per heavy atom. The van der Waals surface area contributed by atoms with E-state index >= 15 is 0 Å². The van der Waals surface area contributed by atoms with Gasteiger partial charge in [-0.05, 0) is 60.7 Å². The molecular formula is C27H28N2O5S. The number of carbonyl (C=O) groups excluding carboxylic acids is 1. The second kappa shape index (κ2) is 9.71. The maximum Gasteiger partial charge on any atom is 0.255 e. The average Bonchev–Trinajstić information content (AvgIpc) is 3.13. The monoisotopic (exact) mass is 492 g/mol. The zero-order valence-corrected chi connectivity index (χ0v) is 20.4. The van der Waals surface area contributed by atoms with E-state index in [2.05, 4.69) is 11.4 Å². The van der Waals surface area contributed by atoms with E-state index in [1.165, 1.54) is 22.0 Å². The Kier molecular flexibility index (Phi) is 6.49. The smallest absolute Gasteiger partial charge is 0.255 e. The van der Waals surface area contributed by atoms with Crippen LogP contribution in [0.15, 0.2) is 71.6 Å². The number of carbonyl (C=O) groups is 1. The molecular weight excluding hydrogens is 464 g/mol. The SMILES string of the molecule is CN([C@H]1CCCc2ccccc21)S(=O)(=O)c1cccc(C(=O)Nc2ccc3c(c2)OCCCO3)c1. The van der Waals surface area contributed by atoms with Gasteiger partial charge in [-0.25, -0.2) is 8.42 Å². The third-order valence-electron chi connectivity index (χ3n) is 6.56. The summed E-state index contributed by atoms with van der Waals surface area (Å²) >= 11 is 0. The fourth-order valence-corrected chi connectivity index (χ4v) is 6.09. The molecule has 0 fully saturated rings. The van der Waals surface area contributed by atoms with E-state index in [0.29, 0.717) is 30.4 Å². The molecule has 7 nitrogen and oxygen atoms in total. The van der Waals surface area contributed by atoms with Crippen molar-refractivity contribution in [2.75, 3.05) is 25.6 Å². The number of hydrogen-bond acceptors (Lipinski definition) is 5. The second-order valence-electron chi connectivity index (χ2n) is 8.82. The van der Waals surface area contributed by atoms with Gasteiger partial charge in [-0.1, -0.05) is 30.3 Å². The van der Waals surface area contributed by atoms with E-state index in [9.17, 15) is 13.2 Å². The van der Waals surface area contributed by atoms with Crippen molar-refractivity contribution in [1.29, 1.82) is 0 Å². The molecule has 1 amide bonds. The summed E-state index contributed by atoms with van der Waals surface area (Å²) in [5.74, 6) is 0.814. The molecule has 1 N–H and O–H groups in total. The van der Waals surface area contributed by atoms with E-state index in [4.69, 9.17) is 9.47 Å². The van der Waals surface area contributed by atoms with Gasteiger partial charge in [0.2, 0.25) is 10.0 Å². The fraction of sp³-hybridized carbons (Fsp3) is 0.296. The van der Waals surface area contributed by atoms with Gasteiger partial charge in [0, 0.05) is 36.8 Å². The van der Waals surface area contributed by atoms with Gasteiger partial charge >= 0.3 is 0 Å². The molecule has 0 aromatic heterocycles. The van der Waals surface area contributed by atoms with Gasteiger partial charge in [0.1, 0.15) is 0 Å². The Labute approximate surface area is 205 Å². The maximum absolute atomic E-state index is 13.5. The van der Waals surface area contributed by atoms with E-state index in [-0.39, 0.29) is 16.5 Å². The number of ether oxygens (including phenoxy) is 2. The number of anilines is 1. The highest BCUT2D eigenvalue weighted by Crippen LogP contribution is 2.36. The Hall–Kier alpha value is -3.36. The molecule has 1 atom stereocenters. The minimum absolute atomic E-state index is 0.0920. The normalized spacial score (nSPS) is 17.4. The van der Waals surface area contributed by atoms with Crippen LogP contribution in [-0.4, -0.2) is 38.9 Å². The molecule has 1 aliphatic carbocycles. The van der Waals surface area contributed by atoms with Crippen molar-refractivity contribution in [3.63, 3.8) is 0 Å². The summed E-state index contributed by atoms with van der Waals surface area (Å²) in [4.78, 5) is 13.1. The summed E-state index contributed by atoms with van der Waals surface area (Å²) in [5.41, 5.74) is 3.04. The van der Waals surface area contributed by atoms with Crippen LogP contribution in [0.2, 0.25) is 0 Å². The number of benzene rings is 3. The van der Waals surface area contributed by atoms with Crippen molar-refractivity contribution >= 4 is 21.6 Å². The Bertz CT molecular complexity index is 1360. The van der Waals surface area contributed by atoms with Crippen LogP contribution in [0.1, 0.15) is 46.8 Å². The summed E-state index contributed by atoms with van der Waals surface area (Å²) < 4.78 is 39.8. The molecule has 0 radical (unpaired) electrons. The van der Waals surface area contributed by atoms with Gasteiger partial charge < -0.3 is 14.8 Å². The molecule has 0 saturated carbocycles. The fourth-order valence-electron chi connectivity index (χ4n) is 4.68. The first-order chi connectivity index (χ1) is 16.9. The minimum Gasteiger partial charge on any atom is -0.490 e. The first-order valence-corrected chi connectivity index (χ1v) is 13.2. The average molecular weight is 493 g/mol. The maximum atomic E-state index is 13.5. The first kappa shape index (κ1) is 23.4. The Morgan fingerprint density at radius 2 is 1.74 bits per heavy atom. The second-order valence-corrected chi connectivity index (χ2v) is 10.8. The highest BCUT2D eigenvalue weighted by molar-refractivity contribution is 7.89. The zero-order chi connectivity index (χ0) is 24.4. The molecule has 3 aromatic rings. The molecule has 0 saturated heterocycles. The summed E-state index contributed by atoms with van der Waals surface area (Å²) in [6.45, 7) is 1.13. The topological polar surface area (TPSA) is 84.9 Å². The molecule has 1 heterocycles. The lowest BCUT2D eigenvalue weighted by Crippen LogP contribution is -2.33. The van der Waals surface area contributed by atoms with Crippen LogP contribution < -0.4 is 14.8 Å². The van der Waals surface area contributed by atoms with E-state index in [1.807, 2.05) is 18.2 Å². The van der Waals surface area contributed by atoms with Crippen molar-refractivity contribution in [2.45, 2.75) is 36.6 Å². The molecule has 182 valence electrons. The zero-order valence-electron chi connectivity index (χ0n) is 19.6. The largest absolute Gasteiger partial charge is 0.490 e. The molecule has 35 heavy (non-hydrogen) atoms. The van der Waals surface area contributed by atoms with Gasteiger partial charge in [-0.2, -0.15) is 4.31 Å². The standard InChI is InChI=1S/C27H28N2O5S/c1-29(24-12-5-8-19-7-2-3-11-23(19)24)35(31,32)22-10-4-9-20(17-22)27(30)28-21-13-14-25-26(18-21)34-16-6-15-33-25/h2-4,7,9-11,13-14,17-18,24H,5-6,8,12,15-16H2,1H3,(H,28,30)/t24-/m0/s1. The van der Waals surface area contributed by atoms with Crippen LogP contribution in [0.5, 0.6) is 11.5 Å². The van der Waals surface area contributed by atoms with E-state index in [1.54, 1.807) is 37.4 Å². The van der Waals surface area contributed by atoms with Crippen molar-refractivity contribution < 1.29 is 22.7 Å². The van der Waals surface area contributed by atoms with E-state index in [0.717, 1.165) is 31.2 Å². The summed E-state index contributed by atoms with van der Waals surface area (Å²) in [7, 11) is -2.19. The molecule has 2 aliphatic rings. The molecule has 5 rings (SSSR count). The van der Waals surface area contributed by atoms with E-state index < -0.39 is 15.9 Å². The number of nitrogens with one attached hydrogen (secondary N) is 1. The molecule has 0 spiro atoms. The van der Waals surface area contributed by atoms with Crippen molar-refractivity contribution in [1.82, 2.24) is 4.31 Å². The molecule has 0 bridgehead atoms. The summed E-state index contributed by atoms with van der Waals surface area (Å²) in [5, 5.41) is 2.83. The predicted octanol–water partition coefficient (Wildman–Crippen LogP) is 4.80. The minimum atomic E-state index is -3.81. The van der Waals surface area contributed by atoms with Crippen LogP contribution in [0.4, 0.5) is 5.69 Å². The lowest BCUT2D eigenvalue weighted by Gasteiger charge is -2.32. The molecule has 0 unspecified atom stereocenters. The highest BCUT2D eigenvalue weighted by atomic mass is 32.2. The van der Waals surface area contributed by atoms with Crippen LogP contribution in [0, 0.1) is 0 Å². The first-order valence-electron chi connectivity index (χ1n) is 11.8. The van der Waals surface area contributed by atoms with Crippen molar-refractivity contribution in [3.05, 3.63) is 83.4 Å². The number of sulfonamides is 1. The predicted molar refractivity (Wildman–Crippen MR) is 134 cm³/mol. The van der Waals surface area contributed by atoms with Crippen molar-refractivity contribution in [3.8, 4) is 11.5 Å². The lowest BCUT2D eigenvalue weighted by atomic mass is 9.88. The molecule has 8 heteroatoms. The Morgan fingerprint density at radius 1 is 0.943 bits per heavy atom. The number of amides is 1. The third-order valence-corrected chi connectivity index (χ3v) is 8.42. The summed E-state index contributed by atoms with van der Waals surface area (Å²) in [6, 6.07) is 19.1. The van der Waals surface area contributed by atoms with Gasteiger partial charge in [0.15, 0.2) is 11.5 Å². The van der Waals surface area contributed by atoms with Crippen LogP contribution in [0.3, 0.4) is 0 Å². The number of aryl methyl sites for hydroxylation is 1. The van der Waals surface area contributed by atoms with Crippen molar-refractivity contribution in [2.24, 2.45) is 0 Å². The number of rotatable bonds is 5. The number of fused-ring (bicyclic) bond motifs is 2. The lowest BCUT2D eigenvalue weighted by molar-refractivity contribution is 0.102. The Balaban J connectivity index is 1.37. The van der Waals surface area contributed by atoms with Crippen LogP contribution in [0.25, 0.3) is 0 Å².